The zero-order valence-electron chi connectivity index (χ0n) is 8.04. The Morgan fingerprint density at radius 2 is 2.33 bits per heavy atom. The molecule has 1 rings (SSSR count). The minimum atomic E-state index is 0.0825. The molecule has 0 aliphatic rings. The lowest BCUT2D eigenvalue weighted by Crippen LogP contribution is -2.12. The molecule has 0 radical (unpaired) electrons. The minimum Gasteiger partial charge on any atom is -0.323 e. The van der Waals surface area contributed by atoms with Gasteiger partial charge in [0.15, 0.2) is 0 Å². The van der Waals surface area contributed by atoms with Gasteiger partial charge in [0.1, 0.15) is 0 Å². The number of hydrogen-bond donors (Lipinski definition) is 1. The fourth-order valence-corrected chi connectivity index (χ4v) is 1.54. The van der Waals surface area contributed by atoms with Crippen LogP contribution in [0.25, 0.3) is 0 Å². The molecule has 2 N–H and O–H groups in total. The van der Waals surface area contributed by atoms with Crippen LogP contribution in [0.3, 0.4) is 0 Å². The first kappa shape index (κ1) is 9.26. The summed E-state index contributed by atoms with van der Waals surface area (Å²) in [4.78, 5) is 0. The smallest absolute Gasteiger partial charge is 0.0577 e. The highest BCUT2D eigenvalue weighted by atomic mass is 15.3. The maximum absolute atomic E-state index is 5.83. The first-order valence-electron chi connectivity index (χ1n) is 4.43. The number of hydrogen-bond acceptors (Lipinski definition) is 2. The molecule has 0 saturated carbocycles. The van der Waals surface area contributed by atoms with Crippen LogP contribution in [-0.2, 0) is 13.5 Å². The molecular weight excluding hydrogens is 150 g/mol. The maximum Gasteiger partial charge on any atom is 0.0577 e. The van der Waals surface area contributed by atoms with E-state index in [9.17, 15) is 0 Å². The SMILES string of the molecule is CCCc1cnn(C)c1C(C)N. The Morgan fingerprint density at radius 1 is 1.67 bits per heavy atom. The summed E-state index contributed by atoms with van der Waals surface area (Å²) in [6, 6.07) is 0.0825. The number of aromatic nitrogens is 2. The Hall–Kier alpha value is -0.830. The lowest BCUT2D eigenvalue weighted by Gasteiger charge is -2.08. The van der Waals surface area contributed by atoms with Crippen LogP contribution in [0.5, 0.6) is 0 Å². The van der Waals surface area contributed by atoms with Crippen molar-refractivity contribution in [1.82, 2.24) is 9.78 Å². The molecule has 1 unspecified atom stereocenters. The van der Waals surface area contributed by atoms with E-state index in [-0.39, 0.29) is 6.04 Å². The molecule has 1 aromatic rings. The van der Waals surface area contributed by atoms with Gasteiger partial charge in [0.25, 0.3) is 0 Å². The van der Waals surface area contributed by atoms with Gasteiger partial charge < -0.3 is 5.73 Å². The van der Waals surface area contributed by atoms with Gasteiger partial charge in [-0.25, -0.2) is 0 Å². The van der Waals surface area contributed by atoms with Crippen LogP contribution in [0.1, 0.15) is 37.6 Å². The molecule has 0 saturated heterocycles. The molecule has 1 heterocycles. The predicted octanol–water partition coefficient (Wildman–Crippen LogP) is 1.39. The van der Waals surface area contributed by atoms with Gasteiger partial charge in [0.2, 0.25) is 0 Å². The van der Waals surface area contributed by atoms with Crippen LogP contribution >= 0.6 is 0 Å². The second kappa shape index (κ2) is 3.72. The summed E-state index contributed by atoms with van der Waals surface area (Å²) < 4.78 is 1.87. The Bertz CT molecular complexity index is 250. The molecule has 0 spiro atoms. The summed E-state index contributed by atoms with van der Waals surface area (Å²) in [6.45, 7) is 4.16. The number of nitrogens with two attached hydrogens (primary N) is 1. The quantitative estimate of drug-likeness (QED) is 0.739. The van der Waals surface area contributed by atoms with Crippen molar-refractivity contribution < 1.29 is 0 Å². The monoisotopic (exact) mass is 167 g/mol. The Morgan fingerprint density at radius 3 is 2.83 bits per heavy atom. The Balaban J connectivity index is 2.95. The van der Waals surface area contributed by atoms with E-state index < -0.39 is 0 Å². The number of aryl methyl sites for hydroxylation is 2. The predicted molar refractivity (Wildman–Crippen MR) is 49.8 cm³/mol. The molecule has 1 atom stereocenters. The summed E-state index contributed by atoms with van der Waals surface area (Å²) in [5.74, 6) is 0. The van der Waals surface area contributed by atoms with Gasteiger partial charge in [0, 0.05) is 13.1 Å². The van der Waals surface area contributed by atoms with Crippen molar-refractivity contribution in [2.75, 3.05) is 0 Å². The molecule has 0 aliphatic carbocycles. The van der Waals surface area contributed by atoms with Crippen molar-refractivity contribution in [1.29, 1.82) is 0 Å². The van der Waals surface area contributed by atoms with Crippen molar-refractivity contribution >= 4 is 0 Å². The molecule has 3 heteroatoms. The molecule has 0 bridgehead atoms. The van der Waals surface area contributed by atoms with Crippen LogP contribution in [0.15, 0.2) is 6.20 Å². The van der Waals surface area contributed by atoms with Gasteiger partial charge >= 0.3 is 0 Å². The van der Waals surface area contributed by atoms with Gasteiger partial charge in [-0.05, 0) is 18.9 Å². The molecule has 0 amide bonds. The topological polar surface area (TPSA) is 43.8 Å². The second-order valence-corrected chi connectivity index (χ2v) is 3.22. The number of rotatable bonds is 3. The van der Waals surface area contributed by atoms with E-state index in [1.807, 2.05) is 24.9 Å². The standard InChI is InChI=1S/C9H17N3/c1-4-5-8-6-11-12(3)9(8)7(2)10/h6-7H,4-5,10H2,1-3H3. The molecule has 3 nitrogen and oxygen atoms in total. The van der Waals surface area contributed by atoms with Crippen LogP contribution in [-0.4, -0.2) is 9.78 Å². The fraction of sp³-hybridized carbons (Fsp3) is 0.667. The van der Waals surface area contributed by atoms with E-state index >= 15 is 0 Å². The van der Waals surface area contributed by atoms with Crippen LogP contribution in [0, 0.1) is 0 Å². The molecular formula is C9H17N3. The second-order valence-electron chi connectivity index (χ2n) is 3.22. The maximum atomic E-state index is 5.83. The third-order valence-corrected chi connectivity index (χ3v) is 2.02. The first-order valence-corrected chi connectivity index (χ1v) is 4.43. The molecule has 0 aromatic carbocycles. The van der Waals surface area contributed by atoms with Crippen molar-refractivity contribution in [2.24, 2.45) is 12.8 Å². The van der Waals surface area contributed by atoms with Crippen molar-refractivity contribution in [2.45, 2.75) is 32.7 Å². The van der Waals surface area contributed by atoms with E-state index in [2.05, 4.69) is 12.0 Å². The van der Waals surface area contributed by atoms with E-state index in [0.717, 1.165) is 18.5 Å². The van der Waals surface area contributed by atoms with Crippen LogP contribution < -0.4 is 5.73 Å². The van der Waals surface area contributed by atoms with Crippen LogP contribution in [0.4, 0.5) is 0 Å². The van der Waals surface area contributed by atoms with E-state index in [4.69, 9.17) is 5.73 Å². The largest absolute Gasteiger partial charge is 0.323 e. The minimum absolute atomic E-state index is 0.0825. The zero-order chi connectivity index (χ0) is 9.14. The molecule has 0 fully saturated rings. The van der Waals surface area contributed by atoms with E-state index in [0.29, 0.717) is 0 Å². The lowest BCUT2D eigenvalue weighted by atomic mass is 10.1. The number of nitrogens with zero attached hydrogens (tertiary/aromatic N) is 2. The van der Waals surface area contributed by atoms with Crippen molar-refractivity contribution in [3.8, 4) is 0 Å². The van der Waals surface area contributed by atoms with Crippen molar-refractivity contribution in [3.05, 3.63) is 17.5 Å². The summed E-state index contributed by atoms with van der Waals surface area (Å²) >= 11 is 0. The highest BCUT2D eigenvalue weighted by Crippen LogP contribution is 2.15. The molecule has 0 aliphatic heterocycles. The summed E-state index contributed by atoms with van der Waals surface area (Å²) in [5.41, 5.74) is 8.28. The average molecular weight is 167 g/mol. The van der Waals surface area contributed by atoms with E-state index in [1.165, 1.54) is 5.56 Å². The highest BCUT2D eigenvalue weighted by Gasteiger charge is 2.10. The Kier molecular flexibility index (Phi) is 2.87. The van der Waals surface area contributed by atoms with E-state index in [1.54, 1.807) is 0 Å². The molecule has 12 heavy (non-hydrogen) atoms. The average Bonchev–Trinajstić information content (AvgIpc) is 2.32. The summed E-state index contributed by atoms with van der Waals surface area (Å²) in [5, 5.41) is 4.19. The van der Waals surface area contributed by atoms with Crippen LogP contribution in [0.2, 0.25) is 0 Å². The lowest BCUT2D eigenvalue weighted by molar-refractivity contribution is 0.647. The zero-order valence-corrected chi connectivity index (χ0v) is 8.04. The van der Waals surface area contributed by atoms with Gasteiger partial charge in [-0.3, -0.25) is 4.68 Å². The molecule has 1 aromatic heterocycles. The highest BCUT2D eigenvalue weighted by molar-refractivity contribution is 5.20. The van der Waals surface area contributed by atoms with Gasteiger partial charge in [-0.2, -0.15) is 5.10 Å². The van der Waals surface area contributed by atoms with Crippen molar-refractivity contribution in [3.63, 3.8) is 0 Å². The summed E-state index contributed by atoms with van der Waals surface area (Å²) in [7, 11) is 1.94. The Labute approximate surface area is 73.6 Å². The fourth-order valence-electron chi connectivity index (χ4n) is 1.54. The third kappa shape index (κ3) is 1.67. The summed E-state index contributed by atoms with van der Waals surface area (Å²) in [6.07, 6.45) is 4.14. The third-order valence-electron chi connectivity index (χ3n) is 2.02. The molecule has 68 valence electrons. The van der Waals surface area contributed by atoms with Gasteiger partial charge in [-0.15, -0.1) is 0 Å². The normalized spacial score (nSPS) is 13.3. The van der Waals surface area contributed by atoms with Gasteiger partial charge in [0.05, 0.1) is 11.9 Å². The van der Waals surface area contributed by atoms with Gasteiger partial charge in [-0.1, -0.05) is 13.3 Å². The first-order chi connectivity index (χ1) is 5.66.